The van der Waals surface area contributed by atoms with Gasteiger partial charge in [-0.15, -0.1) is 12.4 Å². The Balaban J connectivity index is 0.00000128. The molecule has 1 unspecified atom stereocenters. The van der Waals surface area contributed by atoms with Gasteiger partial charge in [-0.2, -0.15) is 0 Å². The summed E-state index contributed by atoms with van der Waals surface area (Å²) in [6.07, 6.45) is 2.41. The molecule has 0 aliphatic carbocycles. The second-order valence-electron chi connectivity index (χ2n) is 4.45. The molecular formula is C11H22ClN3O. The first-order valence-electron chi connectivity index (χ1n) is 6.04. The molecule has 0 aromatic carbocycles. The highest BCUT2D eigenvalue weighted by molar-refractivity contribution is 5.85. The summed E-state index contributed by atoms with van der Waals surface area (Å²) in [4.78, 5) is 16.3. The molecule has 0 radical (unpaired) electrons. The molecule has 0 aromatic rings. The molecule has 2 heterocycles. The molecule has 94 valence electrons. The molecule has 2 saturated heterocycles. The predicted molar refractivity (Wildman–Crippen MR) is 67.0 cm³/mol. The number of hydrogen-bond acceptors (Lipinski definition) is 3. The molecule has 0 saturated carbocycles. The minimum Gasteiger partial charge on any atom is -0.336 e. The van der Waals surface area contributed by atoms with Crippen molar-refractivity contribution < 1.29 is 4.79 Å². The Kier molecular flexibility index (Phi) is 5.52. The maximum absolute atomic E-state index is 11.7. The molecule has 0 bridgehead atoms. The molecule has 2 rings (SSSR count). The maximum Gasteiger partial charge on any atom is 0.236 e. The first-order chi connectivity index (χ1) is 7.31. The van der Waals surface area contributed by atoms with Crippen molar-refractivity contribution in [1.29, 1.82) is 0 Å². The Morgan fingerprint density at radius 1 is 1.44 bits per heavy atom. The number of nitrogens with one attached hydrogen (secondary N) is 1. The summed E-state index contributed by atoms with van der Waals surface area (Å²) in [6, 6.07) is 0.466. The van der Waals surface area contributed by atoms with Crippen LogP contribution < -0.4 is 5.32 Å². The minimum absolute atomic E-state index is 0. The zero-order chi connectivity index (χ0) is 10.7. The number of piperidine rings is 1. The summed E-state index contributed by atoms with van der Waals surface area (Å²) in [6.45, 7) is 7.95. The average molecular weight is 248 g/mol. The van der Waals surface area contributed by atoms with Crippen LogP contribution in [0.25, 0.3) is 0 Å². The normalized spacial score (nSPS) is 27.7. The van der Waals surface area contributed by atoms with Gasteiger partial charge in [0, 0.05) is 25.7 Å². The Morgan fingerprint density at radius 2 is 2.25 bits per heavy atom. The molecule has 2 fully saturated rings. The molecule has 0 spiro atoms. The van der Waals surface area contributed by atoms with Crippen molar-refractivity contribution in [3.05, 3.63) is 0 Å². The third-order valence-electron chi connectivity index (χ3n) is 3.49. The van der Waals surface area contributed by atoms with Crippen LogP contribution in [0.15, 0.2) is 0 Å². The number of nitrogens with zero attached hydrogens (tertiary/aromatic N) is 2. The first kappa shape index (κ1) is 13.7. The Labute approximate surface area is 104 Å². The van der Waals surface area contributed by atoms with Gasteiger partial charge in [0.25, 0.3) is 0 Å². The number of hydrogen-bond donors (Lipinski definition) is 1. The van der Waals surface area contributed by atoms with E-state index in [1.807, 2.05) is 0 Å². The lowest BCUT2D eigenvalue weighted by molar-refractivity contribution is -0.135. The lowest BCUT2D eigenvalue weighted by Crippen LogP contribution is -2.56. The largest absolute Gasteiger partial charge is 0.336 e. The fourth-order valence-electron chi connectivity index (χ4n) is 2.58. The van der Waals surface area contributed by atoms with Crippen molar-refractivity contribution in [2.45, 2.75) is 25.8 Å². The number of carbonyl (C=O) groups is 1. The van der Waals surface area contributed by atoms with Crippen molar-refractivity contribution in [3.63, 3.8) is 0 Å². The Hall–Kier alpha value is -0.320. The lowest BCUT2D eigenvalue weighted by atomic mass is 10.0. The van der Waals surface area contributed by atoms with Crippen LogP contribution in [0.3, 0.4) is 0 Å². The van der Waals surface area contributed by atoms with Gasteiger partial charge in [-0.05, 0) is 25.9 Å². The van der Waals surface area contributed by atoms with E-state index >= 15 is 0 Å². The number of amides is 1. The molecule has 4 nitrogen and oxygen atoms in total. The van der Waals surface area contributed by atoms with Crippen molar-refractivity contribution in [2.75, 3.05) is 39.3 Å². The van der Waals surface area contributed by atoms with E-state index in [2.05, 4.69) is 22.0 Å². The zero-order valence-corrected chi connectivity index (χ0v) is 10.8. The quantitative estimate of drug-likeness (QED) is 0.764. The number of likely N-dealkylation sites (tertiary alicyclic amines) is 1. The molecular weight excluding hydrogens is 226 g/mol. The fourth-order valence-corrected chi connectivity index (χ4v) is 2.58. The summed E-state index contributed by atoms with van der Waals surface area (Å²) >= 11 is 0. The van der Waals surface area contributed by atoms with Crippen LogP contribution in [0.2, 0.25) is 0 Å². The van der Waals surface area contributed by atoms with Crippen molar-refractivity contribution >= 4 is 18.3 Å². The van der Waals surface area contributed by atoms with Gasteiger partial charge < -0.3 is 15.1 Å². The van der Waals surface area contributed by atoms with E-state index in [0.29, 0.717) is 12.6 Å². The van der Waals surface area contributed by atoms with Crippen LogP contribution in [-0.4, -0.2) is 61.0 Å². The summed E-state index contributed by atoms with van der Waals surface area (Å²) in [5.74, 6) is 0.282. The Morgan fingerprint density at radius 3 is 2.94 bits per heavy atom. The second kappa shape index (κ2) is 6.42. The number of likely N-dealkylation sites (N-methyl/N-ethyl adjacent to an activating group) is 1. The molecule has 16 heavy (non-hydrogen) atoms. The number of halogens is 1. The molecule has 2 aliphatic heterocycles. The number of piperazine rings is 1. The van der Waals surface area contributed by atoms with Crippen molar-refractivity contribution in [3.8, 4) is 0 Å². The van der Waals surface area contributed by atoms with Gasteiger partial charge in [-0.1, -0.05) is 6.92 Å². The third-order valence-corrected chi connectivity index (χ3v) is 3.49. The van der Waals surface area contributed by atoms with E-state index in [1.54, 1.807) is 0 Å². The minimum atomic E-state index is 0. The van der Waals surface area contributed by atoms with Gasteiger partial charge in [0.15, 0.2) is 0 Å². The van der Waals surface area contributed by atoms with Crippen molar-refractivity contribution in [2.24, 2.45) is 0 Å². The van der Waals surface area contributed by atoms with E-state index < -0.39 is 0 Å². The molecule has 2 aliphatic rings. The monoisotopic (exact) mass is 247 g/mol. The molecule has 1 atom stereocenters. The SMILES string of the molecule is CCN1CCCC(N2CCNCC2=O)C1.Cl. The summed E-state index contributed by atoms with van der Waals surface area (Å²) < 4.78 is 0. The third kappa shape index (κ3) is 3.09. The highest BCUT2D eigenvalue weighted by Gasteiger charge is 2.29. The molecule has 5 heteroatoms. The summed E-state index contributed by atoms with van der Waals surface area (Å²) in [7, 11) is 0. The average Bonchev–Trinajstić information content (AvgIpc) is 2.30. The van der Waals surface area contributed by atoms with E-state index in [0.717, 1.165) is 26.2 Å². The highest BCUT2D eigenvalue weighted by Crippen LogP contribution is 2.16. The van der Waals surface area contributed by atoms with E-state index in [-0.39, 0.29) is 18.3 Å². The standard InChI is InChI=1S/C11H21N3O.ClH/c1-2-13-6-3-4-10(9-13)14-7-5-12-8-11(14)15;/h10,12H,2-9H2,1H3;1H. The Bertz CT molecular complexity index is 237. The van der Waals surface area contributed by atoms with Gasteiger partial charge in [0.05, 0.1) is 6.54 Å². The van der Waals surface area contributed by atoms with E-state index in [4.69, 9.17) is 0 Å². The van der Waals surface area contributed by atoms with Crippen LogP contribution in [0, 0.1) is 0 Å². The zero-order valence-electron chi connectivity index (χ0n) is 9.95. The lowest BCUT2D eigenvalue weighted by Gasteiger charge is -2.40. The van der Waals surface area contributed by atoms with Gasteiger partial charge in [-0.25, -0.2) is 0 Å². The maximum atomic E-state index is 11.7. The topological polar surface area (TPSA) is 35.6 Å². The van der Waals surface area contributed by atoms with Crippen LogP contribution in [-0.2, 0) is 4.79 Å². The predicted octanol–water partition coefficient (Wildman–Crippen LogP) is 0.324. The molecule has 0 aromatic heterocycles. The van der Waals surface area contributed by atoms with Gasteiger partial charge in [0.2, 0.25) is 5.91 Å². The van der Waals surface area contributed by atoms with Crippen LogP contribution in [0.1, 0.15) is 19.8 Å². The van der Waals surface area contributed by atoms with Crippen LogP contribution >= 0.6 is 12.4 Å². The first-order valence-corrected chi connectivity index (χ1v) is 6.04. The highest BCUT2D eigenvalue weighted by atomic mass is 35.5. The van der Waals surface area contributed by atoms with E-state index in [9.17, 15) is 4.79 Å². The van der Waals surface area contributed by atoms with Crippen LogP contribution in [0.4, 0.5) is 0 Å². The van der Waals surface area contributed by atoms with E-state index in [1.165, 1.54) is 19.4 Å². The van der Waals surface area contributed by atoms with Crippen molar-refractivity contribution in [1.82, 2.24) is 15.1 Å². The fraction of sp³-hybridized carbons (Fsp3) is 0.909. The van der Waals surface area contributed by atoms with Gasteiger partial charge in [-0.3, -0.25) is 4.79 Å². The van der Waals surface area contributed by atoms with Gasteiger partial charge >= 0.3 is 0 Å². The smallest absolute Gasteiger partial charge is 0.236 e. The second-order valence-corrected chi connectivity index (χ2v) is 4.45. The van der Waals surface area contributed by atoms with Gasteiger partial charge in [0.1, 0.15) is 0 Å². The number of carbonyl (C=O) groups excluding carboxylic acids is 1. The van der Waals surface area contributed by atoms with Crippen LogP contribution in [0.5, 0.6) is 0 Å². The summed E-state index contributed by atoms with van der Waals surface area (Å²) in [5, 5.41) is 3.12. The number of rotatable bonds is 2. The molecule has 1 amide bonds. The summed E-state index contributed by atoms with van der Waals surface area (Å²) in [5.41, 5.74) is 0. The molecule has 1 N–H and O–H groups in total.